The molecule has 6 heteroatoms. The van der Waals surface area contributed by atoms with Crippen molar-refractivity contribution in [2.24, 2.45) is 16.7 Å². The number of carbonyl (C=O) groups is 1. The smallest absolute Gasteiger partial charge is 0.172 e. The summed E-state index contributed by atoms with van der Waals surface area (Å²) in [7, 11) is -4.45. The fraction of sp³-hybridized carbons (Fsp3) is 0.703. The van der Waals surface area contributed by atoms with Crippen molar-refractivity contribution in [3.05, 3.63) is 88.0 Å². The molecule has 0 N–H and O–H groups in total. The van der Waals surface area contributed by atoms with Crippen molar-refractivity contribution in [2.75, 3.05) is 5.75 Å². The number of aryl methyl sites for hydroxylation is 6. The third kappa shape index (κ3) is 18.2. The lowest BCUT2D eigenvalue weighted by Crippen LogP contribution is -2.42. The first-order chi connectivity index (χ1) is 33.8. The highest BCUT2D eigenvalue weighted by Gasteiger charge is 2.64. The highest BCUT2D eigenvalue weighted by molar-refractivity contribution is 7.97. The largest absolute Gasteiger partial charge is 0.748 e. The quantitative estimate of drug-likeness (QED) is 0.0334. The Labute approximate surface area is 434 Å². The van der Waals surface area contributed by atoms with Crippen molar-refractivity contribution >= 4 is 26.8 Å². The van der Waals surface area contributed by atoms with Crippen molar-refractivity contribution < 1.29 is 17.8 Å². The topological polar surface area (TPSA) is 74.3 Å². The Morgan fingerprint density at radius 1 is 0.514 bits per heavy atom. The summed E-state index contributed by atoms with van der Waals surface area (Å²) in [5.74, 6) is -0.280. The fourth-order valence-electron chi connectivity index (χ4n) is 12.0. The van der Waals surface area contributed by atoms with Gasteiger partial charge in [-0.15, -0.1) is 0 Å². The van der Waals surface area contributed by atoms with Gasteiger partial charge >= 0.3 is 0 Å². The van der Waals surface area contributed by atoms with Gasteiger partial charge in [0.2, 0.25) is 0 Å². The maximum atomic E-state index is 11.8. The number of Topliss-reactive ketones (excluding diaryl/α,β-unsaturated/α-hetero) is 1. The van der Waals surface area contributed by atoms with E-state index >= 15 is 0 Å². The second kappa shape index (κ2) is 32.0. The molecule has 4 nitrogen and oxygen atoms in total. The van der Waals surface area contributed by atoms with Crippen LogP contribution in [-0.2, 0) is 64.3 Å². The van der Waals surface area contributed by atoms with Crippen LogP contribution in [0.2, 0.25) is 0 Å². The monoisotopic (exact) mass is 999 g/mol. The van der Waals surface area contributed by atoms with E-state index in [1.807, 2.05) is 13.8 Å². The van der Waals surface area contributed by atoms with Crippen LogP contribution in [0.15, 0.2) is 69.3 Å². The molecule has 2 atom stereocenters. The minimum atomic E-state index is -4.33. The Morgan fingerprint density at radius 3 is 1.14 bits per heavy atom. The maximum Gasteiger partial charge on any atom is 0.172 e. The van der Waals surface area contributed by atoms with Crippen LogP contribution >= 0.6 is 0 Å². The standard InChI is InChI=1S/C54H87S.C10H16O4S/c1-7-13-19-26-34-46-42-48(36-28-21-15-9-3)53(49(43-46)37-29-22-16-10-4)55(52-40-32-25-33-41-52)54-50(38-30-23-17-11-5)44-47(35-27-20-14-8-2)45-51(54)39-31-24-18-12-6;1-9(2)7-3-4-10(9,8(11)5-7)6-15(12,13)14/h25,32-33,40-45H,7-24,26-31,34-39H2,1-6H3;7H,3-6H2,1-2H3,(H,12,13,14)/q+1;/p-1. The van der Waals surface area contributed by atoms with E-state index in [4.69, 9.17) is 0 Å². The lowest BCUT2D eigenvalue weighted by Gasteiger charge is -2.37. The van der Waals surface area contributed by atoms with E-state index in [1.165, 1.54) is 193 Å². The van der Waals surface area contributed by atoms with Crippen LogP contribution in [-0.4, -0.2) is 24.5 Å². The number of rotatable bonds is 35. The SMILES string of the molecule is CC1(C)C2CCC1(CS(=O)(=O)[O-])C(=O)C2.CCCCCCc1cc(CCCCCC)c([S+](c2ccccc2)c2c(CCCCCC)cc(CCCCCC)cc2CCCCCC)c(CCCCCC)c1. The number of hydrogen-bond donors (Lipinski definition) is 0. The Kier molecular flexibility index (Phi) is 27.5. The minimum absolute atomic E-state index is 0.0248. The minimum Gasteiger partial charge on any atom is -0.748 e. The van der Waals surface area contributed by atoms with Crippen LogP contribution in [0.5, 0.6) is 0 Å². The zero-order valence-electron chi connectivity index (χ0n) is 46.3. The number of fused-ring (bicyclic) bond motifs is 2. The van der Waals surface area contributed by atoms with E-state index in [0.717, 1.165) is 6.42 Å². The van der Waals surface area contributed by atoms with Gasteiger partial charge in [-0.2, -0.15) is 0 Å². The van der Waals surface area contributed by atoms with Crippen molar-refractivity contribution in [3.8, 4) is 0 Å². The lowest BCUT2D eigenvalue weighted by atomic mass is 9.70. The fourth-order valence-corrected chi connectivity index (χ4v) is 16.1. The summed E-state index contributed by atoms with van der Waals surface area (Å²) < 4.78 is 32.7. The van der Waals surface area contributed by atoms with Crippen LogP contribution in [0.25, 0.3) is 0 Å². The number of carbonyl (C=O) groups excluding carboxylic acids is 1. The van der Waals surface area contributed by atoms with Gasteiger partial charge in [-0.3, -0.25) is 4.79 Å². The Bertz CT molecular complexity index is 1900. The Morgan fingerprint density at radius 2 is 0.857 bits per heavy atom. The first-order valence-electron chi connectivity index (χ1n) is 29.4. The zero-order chi connectivity index (χ0) is 50.8. The van der Waals surface area contributed by atoms with Gasteiger partial charge in [0.25, 0.3) is 0 Å². The molecule has 3 aromatic rings. The molecule has 5 rings (SSSR count). The predicted molar refractivity (Wildman–Crippen MR) is 302 cm³/mol. The Hall–Kier alpha value is -2.41. The van der Waals surface area contributed by atoms with Crippen LogP contribution in [0.1, 0.15) is 262 Å². The molecule has 2 fully saturated rings. The van der Waals surface area contributed by atoms with E-state index < -0.39 is 21.3 Å². The summed E-state index contributed by atoms with van der Waals surface area (Å²) in [4.78, 5) is 16.9. The van der Waals surface area contributed by atoms with Crippen molar-refractivity contribution in [1.29, 1.82) is 0 Å². The second-order valence-corrected chi connectivity index (χ2v) is 25.6. The van der Waals surface area contributed by atoms with E-state index in [0.29, 0.717) is 12.8 Å². The van der Waals surface area contributed by atoms with Gasteiger partial charge < -0.3 is 4.55 Å². The summed E-state index contributed by atoms with van der Waals surface area (Å²) in [5.41, 5.74) is 8.79. The zero-order valence-corrected chi connectivity index (χ0v) is 47.9. The van der Waals surface area contributed by atoms with Crippen molar-refractivity contribution in [2.45, 2.75) is 282 Å². The predicted octanol–water partition coefficient (Wildman–Crippen LogP) is 18.4. The first-order valence-corrected chi connectivity index (χ1v) is 32.2. The summed E-state index contributed by atoms with van der Waals surface area (Å²) in [6.07, 6.45) is 41.2. The molecule has 0 aliphatic heterocycles. The average Bonchev–Trinajstić information content (AvgIpc) is 3.68. The highest BCUT2D eigenvalue weighted by Crippen LogP contribution is 2.64. The van der Waals surface area contributed by atoms with E-state index in [2.05, 4.69) is 96.1 Å². The summed E-state index contributed by atoms with van der Waals surface area (Å²) in [5, 5.41) is 0. The molecule has 0 radical (unpaired) electrons. The Balaban J connectivity index is 0.000000597. The third-order valence-electron chi connectivity index (χ3n) is 16.4. The van der Waals surface area contributed by atoms with E-state index in [1.54, 1.807) is 48.1 Å². The molecule has 2 saturated carbocycles. The summed E-state index contributed by atoms with van der Waals surface area (Å²) >= 11 is 0. The molecular weight excluding hydrogens is 897 g/mol. The molecule has 70 heavy (non-hydrogen) atoms. The molecule has 3 aromatic carbocycles. The van der Waals surface area contributed by atoms with Gasteiger partial charge in [-0.25, -0.2) is 8.42 Å². The molecule has 394 valence electrons. The number of ketones is 1. The van der Waals surface area contributed by atoms with Crippen molar-refractivity contribution in [3.63, 3.8) is 0 Å². The van der Waals surface area contributed by atoms with Gasteiger partial charge in [0.1, 0.15) is 16.7 Å². The van der Waals surface area contributed by atoms with Crippen LogP contribution in [0, 0.1) is 16.7 Å². The molecule has 0 amide bonds. The van der Waals surface area contributed by atoms with Crippen LogP contribution in [0.4, 0.5) is 0 Å². The molecule has 2 unspecified atom stereocenters. The second-order valence-electron chi connectivity index (χ2n) is 22.3. The molecule has 2 bridgehead atoms. The normalized spacial score (nSPS) is 17.4. The average molecular weight is 1000 g/mol. The van der Waals surface area contributed by atoms with Crippen LogP contribution < -0.4 is 0 Å². The van der Waals surface area contributed by atoms with Gasteiger partial charge in [-0.05, 0) is 124 Å². The molecule has 2 aliphatic carbocycles. The van der Waals surface area contributed by atoms with Gasteiger partial charge in [-0.1, -0.05) is 213 Å². The molecule has 2 aliphatic rings. The molecule has 0 spiro atoms. The molecule has 0 saturated heterocycles. The highest BCUT2D eigenvalue weighted by atomic mass is 32.2. The number of hydrogen-bond acceptors (Lipinski definition) is 4. The molecule has 0 heterocycles. The summed E-state index contributed by atoms with van der Waals surface area (Å²) in [6.45, 7) is 18.0. The number of benzene rings is 3. The summed E-state index contributed by atoms with van der Waals surface area (Å²) in [6, 6.07) is 22.9. The van der Waals surface area contributed by atoms with Gasteiger partial charge in [0, 0.05) is 34.1 Å². The third-order valence-corrected chi connectivity index (χ3v) is 19.8. The van der Waals surface area contributed by atoms with E-state index in [9.17, 15) is 17.8 Å². The first kappa shape index (κ1) is 60.1. The molecule has 0 aromatic heterocycles. The van der Waals surface area contributed by atoms with Gasteiger partial charge in [0.15, 0.2) is 14.7 Å². The molecular formula is C64H102O4S2. The van der Waals surface area contributed by atoms with E-state index in [-0.39, 0.29) is 28.0 Å². The lowest BCUT2D eigenvalue weighted by molar-refractivity contribution is -0.128. The van der Waals surface area contributed by atoms with Crippen LogP contribution in [0.3, 0.4) is 0 Å². The van der Waals surface area contributed by atoms with Gasteiger partial charge in [0.05, 0.1) is 15.9 Å². The maximum absolute atomic E-state index is 11.8. The van der Waals surface area contributed by atoms with Crippen molar-refractivity contribution in [1.82, 2.24) is 0 Å². The number of unbranched alkanes of at least 4 members (excludes halogenated alkanes) is 18.